The summed E-state index contributed by atoms with van der Waals surface area (Å²) >= 11 is 0. The second-order valence-electron chi connectivity index (χ2n) is 8.43. The summed E-state index contributed by atoms with van der Waals surface area (Å²) in [4.78, 5) is 37.6. The lowest BCUT2D eigenvalue weighted by Crippen LogP contribution is -2.42. The van der Waals surface area contributed by atoms with E-state index in [1.54, 1.807) is 41.5 Å². The van der Waals surface area contributed by atoms with E-state index in [1.165, 1.54) is 6.92 Å². The molecule has 0 aliphatic heterocycles. The molecule has 150 valence electrons. The Morgan fingerprint density at radius 3 is 1.67 bits per heavy atom. The fourth-order valence-corrected chi connectivity index (χ4v) is 2.23. The lowest BCUT2D eigenvalue weighted by molar-refractivity contribution is -0.181. The lowest BCUT2D eigenvalue weighted by Gasteiger charge is -2.28. The van der Waals surface area contributed by atoms with Gasteiger partial charge in [0.2, 0.25) is 0 Å². The van der Waals surface area contributed by atoms with Crippen molar-refractivity contribution in [1.29, 1.82) is 0 Å². The second-order valence-corrected chi connectivity index (χ2v) is 8.43. The molecular weight excluding hydrogens is 348 g/mol. The minimum Gasteiger partial charge on any atom is -0.461 e. The van der Waals surface area contributed by atoms with Crippen LogP contribution in [-0.2, 0) is 35.2 Å². The summed E-state index contributed by atoms with van der Waals surface area (Å²) in [6.45, 7) is 11.7. The number of carbonyl (C=O) groups excluding carboxylic acids is 3. The number of esters is 3. The zero-order chi connectivity index (χ0) is 20.8. The predicted molar refractivity (Wildman–Crippen MR) is 101 cm³/mol. The quantitative estimate of drug-likeness (QED) is 0.427. The van der Waals surface area contributed by atoms with Crippen LogP contribution in [0.25, 0.3) is 0 Å². The Hall–Kier alpha value is -2.37. The van der Waals surface area contributed by atoms with Gasteiger partial charge < -0.3 is 14.2 Å². The highest BCUT2D eigenvalue weighted by Gasteiger charge is 2.42. The smallest absolute Gasteiger partial charge is 0.321 e. The van der Waals surface area contributed by atoms with Gasteiger partial charge in [0, 0.05) is 0 Å². The molecule has 1 aromatic carbocycles. The summed E-state index contributed by atoms with van der Waals surface area (Å²) in [5.74, 6) is -4.72. The highest BCUT2D eigenvalue weighted by Crippen LogP contribution is 2.23. The van der Waals surface area contributed by atoms with Gasteiger partial charge in [-0.25, -0.2) is 0 Å². The van der Waals surface area contributed by atoms with Crippen LogP contribution in [0.2, 0.25) is 0 Å². The first-order valence-corrected chi connectivity index (χ1v) is 8.96. The Morgan fingerprint density at radius 1 is 0.815 bits per heavy atom. The largest absolute Gasteiger partial charge is 0.461 e. The van der Waals surface area contributed by atoms with Crippen LogP contribution in [0.3, 0.4) is 0 Å². The zero-order valence-electron chi connectivity index (χ0n) is 17.2. The average Bonchev–Trinajstić information content (AvgIpc) is 2.50. The molecule has 0 radical (unpaired) electrons. The van der Waals surface area contributed by atoms with Crippen LogP contribution >= 0.6 is 0 Å². The molecule has 0 fully saturated rings. The van der Waals surface area contributed by atoms with Gasteiger partial charge in [-0.1, -0.05) is 37.3 Å². The van der Waals surface area contributed by atoms with E-state index in [1.807, 2.05) is 30.3 Å². The minimum atomic E-state index is -1.40. The Kier molecular flexibility index (Phi) is 7.57. The number of hydrogen-bond donors (Lipinski definition) is 0. The van der Waals surface area contributed by atoms with Crippen molar-refractivity contribution in [3.63, 3.8) is 0 Å². The van der Waals surface area contributed by atoms with Crippen molar-refractivity contribution in [2.45, 2.75) is 66.3 Å². The van der Waals surface area contributed by atoms with Crippen molar-refractivity contribution >= 4 is 17.9 Å². The number of rotatable bonds is 6. The Balaban J connectivity index is 2.93. The molecule has 6 heteroatoms. The Morgan fingerprint density at radius 2 is 1.26 bits per heavy atom. The summed E-state index contributed by atoms with van der Waals surface area (Å²) in [6.07, 6.45) is 0. The molecule has 0 N–H and O–H groups in total. The monoisotopic (exact) mass is 378 g/mol. The second kappa shape index (κ2) is 9.02. The van der Waals surface area contributed by atoms with Gasteiger partial charge >= 0.3 is 17.9 Å². The van der Waals surface area contributed by atoms with Gasteiger partial charge in [0.05, 0.1) is 5.92 Å². The van der Waals surface area contributed by atoms with Crippen molar-refractivity contribution in [3.8, 4) is 0 Å². The third kappa shape index (κ3) is 8.24. The van der Waals surface area contributed by atoms with E-state index in [0.717, 1.165) is 5.56 Å². The molecule has 1 aromatic rings. The molecule has 0 amide bonds. The van der Waals surface area contributed by atoms with E-state index in [2.05, 4.69) is 0 Å². The number of ether oxygens (including phenoxy) is 3. The SMILES string of the molecule is C[C@H](C(=O)OCc1ccccc1)C(C(=O)OC(C)(C)C)C(=O)OC(C)(C)C. The van der Waals surface area contributed by atoms with Crippen LogP contribution < -0.4 is 0 Å². The first kappa shape index (κ1) is 22.7. The van der Waals surface area contributed by atoms with Crippen LogP contribution in [0, 0.1) is 11.8 Å². The molecule has 0 heterocycles. The maximum atomic E-state index is 12.6. The normalized spacial score (nSPS) is 13.0. The molecule has 27 heavy (non-hydrogen) atoms. The number of carbonyl (C=O) groups is 3. The van der Waals surface area contributed by atoms with Gasteiger partial charge in [-0.15, -0.1) is 0 Å². The van der Waals surface area contributed by atoms with Crippen LogP contribution in [-0.4, -0.2) is 29.1 Å². The van der Waals surface area contributed by atoms with Crippen molar-refractivity contribution in [1.82, 2.24) is 0 Å². The maximum absolute atomic E-state index is 12.6. The molecule has 0 saturated carbocycles. The molecular formula is C21H30O6. The van der Waals surface area contributed by atoms with E-state index in [9.17, 15) is 14.4 Å². The molecule has 1 rings (SSSR count). The summed E-state index contributed by atoms with van der Waals surface area (Å²) < 4.78 is 15.9. The minimum absolute atomic E-state index is 0.0549. The van der Waals surface area contributed by atoms with Crippen molar-refractivity contribution < 1.29 is 28.6 Å². The Bertz CT molecular complexity index is 623. The molecule has 0 saturated heterocycles. The zero-order valence-corrected chi connectivity index (χ0v) is 17.2. The van der Waals surface area contributed by atoms with E-state index >= 15 is 0 Å². The molecule has 6 nitrogen and oxygen atoms in total. The average molecular weight is 378 g/mol. The van der Waals surface area contributed by atoms with Gasteiger partial charge in [-0.3, -0.25) is 14.4 Å². The van der Waals surface area contributed by atoms with Crippen LogP contribution in [0.1, 0.15) is 54.0 Å². The van der Waals surface area contributed by atoms with E-state index in [-0.39, 0.29) is 6.61 Å². The van der Waals surface area contributed by atoms with Crippen LogP contribution in [0.4, 0.5) is 0 Å². The van der Waals surface area contributed by atoms with E-state index < -0.39 is 40.9 Å². The van der Waals surface area contributed by atoms with Crippen molar-refractivity contribution in [3.05, 3.63) is 35.9 Å². The molecule has 0 aliphatic carbocycles. The molecule has 1 atom stereocenters. The summed E-state index contributed by atoms with van der Waals surface area (Å²) in [5.41, 5.74) is -0.792. The van der Waals surface area contributed by atoms with Crippen molar-refractivity contribution in [2.75, 3.05) is 0 Å². The number of hydrogen-bond acceptors (Lipinski definition) is 6. The first-order chi connectivity index (χ1) is 12.3. The molecule has 0 bridgehead atoms. The van der Waals surface area contributed by atoms with Crippen molar-refractivity contribution in [2.24, 2.45) is 11.8 Å². The van der Waals surface area contributed by atoms with E-state index in [4.69, 9.17) is 14.2 Å². The van der Waals surface area contributed by atoms with Gasteiger partial charge in [0.25, 0.3) is 0 Å². The van der Waals surface area contributed by atoms with Gasteiger partial charge in [-0.05, 0) is 47.1 Å². The summed E-state index contributed by atoms with van der Waals surface area (Å²) in [6, 6.07) is 9.15. The summed E-state index contributed by atoms with van der Waals surface area (Å²) in [5, 5.41) is 0. The lowest BCUT2D eigenvalue weighted by atomic mass is 9.93. The Labute approximate surface area is 161 Å². The maximum Gasteiger partial charge on any atom is 0.321 e. The van der Waals surface area contributed by atoms with Gasteiger partial charge in [-0.2, -0.15) is 0 Å². The van der Waals surface area contributed by atoms with E-state index in [0.29, 0.717) is 0 Å². The van der Waals surface area contributed by atoms with Crippen LogP contribution in [0.5, 0.6) is 0 Å². The summed E-state index contributed by atoms with van der Waals surface area (Å²) in [7, 11) is 0. The molecule has 0 unspecified atom stereocenters. The molecule has 0 spiro atoms. The fourth-order valence-electron chi connectivity index (χ4n) is 2.23. The first-order valence-electron chi connectivity index (χ1n) is 8.96. The third-order valence-corrected chi connectivity index (χ3v) is 3.42. The van der Waals surface area contributed by atoms with Gasteiger partial charge in [0.1, 0.15) is 17.8 Å². The van der Waals surface area contributed by atoms with Crippen LogP contribution in [0.15, 0.2) is 30.3 Å². The topological polar surface area (TPSA) is 78.9 Å². The highest BCUT2D eigenvalue weighted by molar-refractivity contribution is 5.99. The predicted octanol–water partition coefficient (Wildman–Crippen LogP) is 3.67. The molecule has 0 aliphatic rings. The number of benzene rings is 1. The van der Waals surface area contributed by atoms with Gasteiger partial charge in [0.15, 0.2) is 5.92 Å². The fraction of sp³-hybridized carbons (Fsp3) is 0.571. The molecule has 0 aromatic heterocycles. The third-order valence-electron chi connectivity index (χ3n) is 3.42. The highest BCUT2D eigenvalue weighted by atomic mass is 16.6. The standard InChI is InChI=1S/C21H30O6/c1-14(17(22)25-13-15-11-9-8-10-12-15)16(18(23)26-20(2,3)4)19(24)27-21(5,6)7/h8-12,14,16H,13H2,1-7H3/t14-/m0/s1.